The van der Waals surface area contributed by atoms with E-state index in [9.17, 15) is 9.59 Å². The van der Waals surface area contributed by atoms with E-state index in [1.54, 1.807) is 0 Å². The number of hydrogen-bond donors (Lipinski definition) is 1. The molecule has 0 spiro atoms. The molecule has 4 heteroatoms. The van der Waals surface area contributed by atoms with Crippen molar-refractivity contribution in [2.24, 2.45) is 11.7 Å². The molecule has 0 aliphatic carbocycles. The first-order chi connectivity index (χ1) is 6.65. The lowest BCUT2D eigenvalue weighted by Gasteiger charge is -2.28. The summed E-state index contributed by atoms with van der Waals surface area (Å²) < 4.78 is 0. The molecule has 2 amide bonds. The maximum Gasteiger partial charge on any atom is 0.229 e. The average molecular weight is 198 g/mol. The summed E-state index contributed by atoms with van der Waals surface area (Å²) in [6, 6.07) is 0. The van der Waals surface area contributed by atoms with Crippen molar-refractivity contribution in [3.05, 3.63) is 0 Å². The van der Waals surface area contributed by atoms with Gasteiger partial charge in [-0.05, 0) is 25.3 Å². The van der Waals surface area contributed by atoms with Crippen LogP contribution in [0.5, 0.6) is 0 Å². The van der Waals surface area contributed by atoms with Crippen LogP contribution in [0.3, 0.4) is 0 Å². The maximum atomic E-state index is 11.5. The standard InChI is InChI=1S/C10H18N2O2/c1-8-6-9(13)12(10(14)7-8)5-3-2-4-11/h8H,2-7,11H2,1H3. The molecule has 1 aliphatic rings. The first-order valence-electron chi connectivity index (χ1n) is 5.18. The Morgan fingerprint density at radius 2 is 1.86 bits per heavy atom. The second-order valence-electron chi connectivity index (χ2n) is 3.95. The molecule has 0 saturated carbocycles. The average Bonchev–Trinajstić information content (AvgIpc) is 2.09. The molecule has 1 aliphatic heterocycles. The van der Waals surface area contributed by atoms with Crippen molar-refractivity contribution in [1.29, 1.82) is 0 Å². The van der Waals surface area contributed by atoms with Crippen LogP contribution < -0.4 is 5.73 Å². The second-order valence-corrected chi connectivity index (χ2v) is 3.95. The predicted molar refractivity (Wildman–Crippen MR) is 53.4 cm³/mol. The molecule has 1 saturated heterocycles. The van der Waals surface area contributed by atoms with Crippen LogP contribution in [-0.2, 0) is 9.59 Å². The lowest BCUT2D eigenvalue weighted by atomic mass is 9.97. The molecule has 4 nitrogen and oxygen atoms in total. The molecule has 0 aromatic heterocycles. The van der Waals surface area contributed by atoms with Gasteiger partial charge in [-0.15, -0.1) is 0 Å². The van der Waals surface area contributed by atoms with Gasteiger partial charge < -0.3 is 5.73 Å². The minimum absolute atomic E-state index is 0.0224. The molecule has 0 unspecified atom stereocenters. The van der Waals surface area contributed by atoms with Gasteiger partial charge in [-0.3, -0.25) is 14.5 Å². The molecule has 1 heterocycles. The summed E-state index contributed by atoms with van der Waals surface area (Å²) in [7, 11) is 0. The number of imide groups is 1. The number of piperidine rings is 1. The van der Waals surface area contributed by atoms with Gasteiger partial charge in [-0.25, -0.2) is 0 Å². The third-order valence-electron chi connectivity index (χ3n) is 2.48. The monoisotopic (exact) mass is 198 g/mol. The summed E-state index contributed by atoms with van der Waals surface area (Å²) in [6.07, 6.45) is 2.71. The van der Waals surface area contributed by atoms with Gasteiger partial charge in [0.1, 0.15) is 0 Å². The van der Waals surface area contributed by atoms with Crippen molar-refractivity contribution < 1.29 is 9.59 Å². The summed E-state index contributed by atoms with van der Waals surface area (Å²) in [6.45, 7) is 3.10. The largest absolute Gasteiger partial charge is 0.330 e. The fraction of sp³-hybridized carbons (Fsp3) is 0.800. The molecule has 0 radical (unpaired) electrons. The zero-order valence-corrected chi connectivity index (χ0v) is 8.66. The minimum Gasteiger partial charge on any atom is -0.330 e. The van der Waals surface area contributed by atoms with Gasteiger partial charge in [-0.2, -0.15) is 0 Å². The van der Waals surface area contributed by atoms with E-state index in [4.69, 9.17) is 5.73 Å². The zero-order chi connectivity index (χ0) is 10.6. The van der Waals surface area contributed by atoms with Crippen LogP contribution in [0, 0.1) is 5.92 Å². The normalized spacial score (nSPS) is 19.1. The Hall–Kier alpha value is -0.900. The Morgan fingerprint density at radius 3 is 2.36 bits per heavy atom. The Labute approximate surface area is 84.4 Å². The van der Waals surface area contributed by atoms with Gasteiger partial charge in [0, 0.05) is 19.4 Å². The topological polar surface area (TPSA) is 63.4 Å². The lowest BCUT2D eigenvalue weighted by Crippen LogP contribution is -2.43. The molecular weight excluding hydrogens is 180 g/mol. The number of nitrogens with zero attached hydrogens (tertiary/aromatic N) is 1. The van der Waals surface area contributed by atoms with E-state index in [0.717, 1.165) is 12.8 Å². The van der Waals surface area contributed by atoms with Crippen molar-refractivity contribution in [2.75, 3.05) is 13.1 Å². The van der Waals surface area contributed by atoms with Gasteiger partial charge in [0.15, 0.2) is 0 Å². The molecule has 1 fully saturated rings. The number of nitrogens with two attached hydrogens (primary N) is 1. The number of carbonyl (C=O) groups excluding carboxylic acids is 2. The second kappa shape index (κ2) is 5.10. The predicted octanol–water partition coefficient (Wildman–Crippen LogP) is 0.510. The summed E-state index contributed by atoms with van der Waals surface area (Å²) in [5.41, 5.74) is 5.35. The summed E-state index contributed by atoms with van der Waals surface area (Å²) in [5, 5.41) is 0. The van der Waals surface area contributed by atoms with Gasteiger partial charge in [0.2, 0.25) is 11.8 Å². The molecule has 0 atom stereocenters. The number of amides is 2. The van der Waals surface area contributed by atoms with E-state index in [1.807, 2.05) is 6.92 Å². The van der Waals surface area contributed by atoms with Crippen molar-refractivity contribution in [3.63, 3.8) is 0 Å². The highest BCUT2D eigenvalue weighted by Gasteiger charge is 2.29. The number of carbonyl (C=O) groups is 2. The molecule has 0 bridgehead atoms. The van der Waals surface area contributed by atoms with E-state index < -0.39 is 0 Å². The van der Waals surface area contributed by atoms with Gasteiger partial charge >= 0.3 is 0 Å². The number of hydrogen-bond acceptors (Lipinski definition) is 3. The Bertz CT molecular complexity index is 210. The minimum atomic E-state index is -0.0224. The highest BCUT2D eigenvalue weighted by atomic mass is 16.2. The van der Waals surface area contributed by atoms with Gasteiger partial charge in [0.05, 0.1) is 0 Å². The highest BCUT2D eigenvalue weighted by Crippen LogP contribution is 2.18. The highest BCUT2D eigenvalue weighted by molar-refractivity contribution is 5.97. The van der Waals surface area contributed by atoms with Crippen molar-refractivity contribution in [3.8, 4) is 0 Å². The van der Waals surface area contributed by atoms with E-state index in [-0.39, 0.29) is 17.7 Å². The first-order valence-corrected chi connectivity index (χ1v) is 5.18. The third-order valence-corrected chi connectivity index (χ3v) is 2.48. The van der Waals surface area contributed by atoms with Crippen molar-refractivity contribution in [2.45, 2.75) is 32.6 Å². The summed E-state index contributed by atoms with van der Waals surface area (Å²) in [4.78, 5) is 24.4. The Kier molecular flexibility index (Phi) is 4.07. The van der Waals surface area contributed by atoms with Crippen molar-refractivity contribution in [1.82, 2.24) is 4.90 Å². The van der Waals surface area contributed by atoms with Crippen LogP contribution in [0.1, 0.15) is 32.6 Å². The smallest absolute Gasteiger partial charge is 0.229 e. The number of unbranched alkanes of at least 4 members (excludes halogenated alkanes) is 1. The van der Waals surface area contributed by atoms with Gasteiger partial charge in [0.25, 0.3) is 0 Å². The molecule has 0 aromatic rings. The third kappa shape index (κ3) is 2.80. The molecule has 0 aromatic carbocycles. The zero-order valence-electron chi connectivity index (χ0n) is 8.66. The van der Waals surface area contributed by atoms with E-state index in [0.29, 0.717) is 25.9 Å². The van der Waals surface area contributed by atoms with E-state index in [2.05, 4.69) is 0 Å². The van der Waals surface area contributed by atoms with Crippen LogP contribution in [-0.4, -0.2) is 29.8 Å². The molecule has 1 rings (SSSR count). The van der Waals surface area contributed by atoms with Crippen LogP contribution in [0.2, 0.25) is 0 Å². The van der Waals surface area contributed by atoms with Crippen LogP contribution in [0.4, 0.5) is 0 Å². The first kappa shape index (κ1) is 11.2. The van der Waals surface area contributed by atoms with E-state index >= 15 is 0 Å². The SMILES string of the molecule is CC1CC(=O)N(CCCCN)C(=O)C1. The number of rotatable bonds is 4. The fourth-order valence-electron chi connectivity index (χ4n) is 1.69. The maximum absolute atomic E-state index is 11.5. The van der Waals surface area contributed by atoms with Crippen LogP contribution in [0.15, 0.2) is 0 Å². The van der Waals surface area contributed by atoms with Crippen molar-refractivity contribution >= 4 is 11.8 Å². The quantitative estimate of drug-likeness (QED) is 0.529. The molecule has 80 valence electrons. The fourth-order valence-corrected chi connectivity index (χ4v) is 1.69. The molecule has 14 heavy (non-hydrogen) atoms. The Balaban J connectivity index is 2.42. The Morgan fingerprint density at radius 1 is 1.29 bits per heavy atom. The molecular formula is C10H18N2O2. The molecule has 2 N–H and O–H groups in total. The number of likely N-dealkylation sites (tertiary alicyclic amines) is 1. The lowest BCUT2D eigenvalue weighted by molar-refractivity contribution is -0.149. The summed E-state index contributed by atoms with van der Waals surface area (Å²) in [5.74, 6) is 0.164. The van der Waals surface area contributed by atoms with Crippen LogP contribution in [0.25, 0.3) is 0 Å². The van der Waals surface area contributed by atoms with Crippen LogP contribution >= 0.6 is 0 Å². The van der Waals surface area contributed by atoms with E-state index in [1.165, 1.54) is 4.90 Å². The summed E-state index contributed by atoms with van der Waals surface area (Å²) >= 11 is 0. The van der Waals surface area contributed by atoms with Gasteiger partial charge in [-0.1, -0.05) is 6.92 Å².